The van der Waals surface area contributed by atoms with Crippen LogP contribution in [-0.2, 0) is 9.53 Å². The van der Waals surface area contributed by atoms with Crippen LogP contribution in [0.25, 0.3) is 6.08 Å². The van der Waals surface area contributed by atoms with Crippen LogP contribution in [0.15, 0.2) is 35.7 Å². The van der Waals surface area contributed by atoms with Gasteiger partial charge in [0.25, 0.3) is 0 Å². The van der Waals surface area contributed by atoms with E-state index in [0.717, 1.165) is 31.9 Å². The first-order chi connectivity index (χ1) is 13.7. The lowest BCUT2D eigenvalue weighted by Gasteiger charge is -2.34. The summed E-state index contributed by atoms with van der Waals surface area (Å²) in [7, 11) is 0. The molecule has 6 nitrogen and oxygen atoms in total. The third kappa shape index (κ3) is 4.50. The number of carbonyl (C=O) groups excluding carboxylic acids is 1. The molecule has 0 radical (unpaired) electrons. The number of carbonyl (C=O) groups is 1. The Bertz CT molecular complexity index is 850. The highest BCUT2D eigenvalue weighted by Gasteiger charge is 2.23. The van der Waals surface area contributed by atoms with Gasteiger partial charge in [0.1, 0.15) is 0 Å². The molecule has 0 aliphatic carbocycles. The standard InChI is InChI=1S/C20H21ClN2O4S/c21-15-10-14(11-17-20(15)27-13-26-17)3-4-19(24)22-12-16(18-2-1-9-28-18)23-5-7-25-8-6-23/h1-4,9-11,16H,5-8,12-13H2,(H,22,24)/b4-3+/t16-/m1/s1. The summed E-state index contributed by atoms with van der Waals surface area (Å²) >= 11 is 7.89. The van der Waals surface area contributed by atoms with Crippen molar-refractivity contribution in [2.45, 2.75) is 6.04 Å². The first-order valence-electron chi connectivity index (χ1n) is 9.11. The number of hydrogen-bond donors (Lipinski definition) is 1. The molecule has 1 amide bonds. The van der Waals surface area contributed by atoms with Gasteiger partial charge in [0.15, 0.2) is 11.5 Å². The van der Waals surface area contributed by atoms with Crippen LogP contribution in [0.5, 0.6) is 11.5 Å². The summed E-state index contributed by atoms with van der Waals surface area (Å²) in [5.41, 5.74) is 0.785. The zero-order chi connectivity index (χ0) is 19.3. The minimum atomic E-state index is -0.149. The Morgan fingerprint density at radius 1 is 1.32 bits per heavy atom. The molecule has 2 aromatic rings. The van der Waals surface area contributed by atoms with Crippen molar-refractivity contribution in [2.24, 2.45) is 0 Å². The number of fused-ring (bicyclic) bond motifs is 1. The highest BCUT2D eigenvalue weighted by molar-refractivity contribution is 7.10. The summed E-state index contributed by atoms with van der Waals surface area (Å²) < 4.78 is 16.1. The molecule has 1 N–H and O–H groups in total. The van der Waals surface area contributed by atoms with E-state index in [2.05, 4.69) is 21.7 Å². The van der Waals surface area contributed by atoms with Gasteiger partial charge in [-0.2, -0.15) is 0 Å². The SMILES string of the molecule is O=C(/C=C/c1cc(Cl)c2c(c1)OCO2)NC[C@H](c1cccs1)N1CCOCC1. The van der Waals surface area contributed by atoms with Crippen molar-refractivity contribution >= 4 is 34.9 Å². The van der Waals surface area contributed by atoms with E-state index in [1.54, 1.807) is 29.5 Å². The van der Waals surface area contributed by atoms with Gasteiger partial charge in [0, 0.05) is 30.6 Å². The maximum absolute atomic E-state index is 12.4. The van der Waals surface area contributed by atoms with Crippen molar-refractivity contribution < 1.29 is 19.0 Å². The number of benzene rings is 1. The molecule has 8 heteroatoms. The Morgan fingerprint density at radius 2 is 2.18 bits per heavy atom. The van der Waals surface area contributed by atoms with E-state index in [-0.39, 0.29) is 18.7 Å². The van der Waals surface area contributed by atoms with Gasteiger partial charge in [-0.15, -0.1) is 11.3 Å². The van der Waals surface area contributed by atoms with E-state index < -0.39 is 0 Å². The Morgan fingerprint density at radius 3 is 2.96 bits per heavy atom. The highest BCUT2D eigenvalue weighted by Crippen LogP contribution is 2.40. The number of nitrogens with one attached hydrogen (secondary N) is 1. The highest BCUT2D eigenvalue weighted by atomic mass is 35.5. The number of amides is 1. The average molecular weight is 421 g/mol. The lowest BCUT2D eigenvalue weighted by atomic mass is 10.1. The van der Waals surface area contributed by atoms with Crippen LogP contribution in [0, 0.1) is 0 Å². The van der Waals surface area contributed by atoms with Gasteiger partial charge in [-0.1, -0.05) is 17.7 Å². The van der Waals surface area contributed by atoms with Gasteiger partial charge in [0.2, 0.25) is 12.7 Å². The molecule has 2 aliphatic rings. The molecule has 0 unspecified atom stereocenters. The van der Waals surface area contributed by atoms with Gasteiger partial charge in [-0.3, -0.25) is 9.69 Å². The zero-order valence-electron chi connectivity index (χ0n) is 15.2. The molecule has 3 heterocycles. The Labute approximate surface area is 172 Å². The quantitative estimate of drug-likeness (QED) is 0.726. The van der Waals surface area contributed by atoms with E-state index in [9.17, 15) is 4.79 Å². The number of nitrogens with zero attached hydrogens (tertiary/aromatic N) is 1. The van der Waals surface area contributed by atoms with Crippen LogP contribution in [0.3, 0.4) is 0 Å². The molecule has 1 atom stereocenters. The smallest absolute Gasteiger partial charge is 0.244 e. The molecule has 2 aliphatic heterocycles. The van der Waals surface area contributed by atoms with Crippen molar-refractivity contribution in [1.29, 1.82) is 0 Å². The van der Waals surface area contributed by atoms with E-state index in [4.69, 9.17) is 25.8 Å². The third-order valence-electron chi connectivity index (χ3n) is 4.70. The van der Waals surface area contributed by atoms with Crippen molar-refractivity contribution in [3.8, 4) is 11.5 Å². The summed E-state index contributed by atoms with van der Waals surface area (Å²) in [4.78, 5) is 16.0. The monoisotopic (exact) mass is 420 g/mol. The van der Waals surface area contributed by atoms with Crippen molar-refractivity contribution in [2.75, 3.05) is 39.6 Å². The zero-order valence-corrected chi connectivity index (χ0v) is 16.8. The van der Waals surface area contributed by atoms with Crippen LogP contribution in [-0.4, -0.2) is 50.4 Å². The summed E-state index contributed by atoms with van der Waals surface area (Å²) in [5, 5.41) is 5.55. The number of ether oxygens (including phenoxy) is 3. The van der Waals surface area contributed by atoms with Gasteiger partial charge < -0.3 is 19.5 Å². The fourth-order valence-corrected chi connectivity index (χ4v) is 4.43. The van der Waals surface area contributed by atoms with Crippen LogP contribution in [0.2, 0.25) is 5.02 Å². The first-order valence-corrected chi connectivity index (χ1v) is 10.4. The second kappa shape index (κ2) is 8.96. The topological polar surface area (TPSA) is 60.0 Å². The van der Waals surface area contributed by atoms with Crippen molar-refractivity contribution in [3.05, 3.63) is 51.2 Å². The third-order valence-corrected chi connectivity index (χ3v) is 5.96. The lowest BCUT2D eigenvalue weighted by molar-refractivity contribution is -0.116. The molecule has 0 spiro atoms. The number of halogens is 1. The van der Waals surface area contributed by atoms with Crippen LogP contribution < -0.4 is 14.8 Å². The largest absolute Gasteiger partial charge is 0.454 e. The summed E-state index contributed by atoms with van der Waals surface area (Å²) in [6, 6.07) is 7.86. The number of morpholine rings is 1. The van der Waals surface area contributed by atoms with E-state index in [1.165, 1.54) is 11.0 Å². The average Bonchev–Trinajstić information content (AvgIpc) is 3.40. The van der Waals surface area contributed by atoms with Gasteiger partial charge in [-0.05, 0) is 35.2 Å². The summed E-state index contributed by atoms with van der Waals surface area (Å²) in [6.45, 7) is 3.88. The van der Waals surface area contributed by atoms with Crippen molar-refractivity contribution in [3.63, 3.8) is 0 Å². The van der Waals surface area contributed by atoms with Gasteiger partial charge >= 0.3 is 0 Å². The molecular weight excluding hydrogens is 400 g/mol. The molecular formula is C20H21ClN2O4S. The second-order valence-corrected chi connectivity index (χ2v) is 7.88. The van der Waals surface area contributed by atoms with Crippen LogP contribution in [0.4, 0.5) is 0 Å². The molecule has 148 valence electrons. The van der Waals surface area contributed by atoms with Crippen molar-refractivity contribution in [1.82, 2.24) is 10.2 Å². The molecule has 0 bridgehead atoms. The van der Waals surface area contributed by atoms with E-state index in [1.807, 2.05) is 6.07 Å². The number of rotatable bonds is 6. The normalized spacial score (nSPS) is 17.8. The fraction of sp³-hybridized carbons (Fsp3) is 0.350. The molecule has 1 saturated heterocycles. The molecule has 4 rings (SSSR count). The first kappa shape index (κ1) is 19.3. The number of thiophene rings is 1. The van der Waals surface area contributed by atoms with Gasteiger partial charge in [0.05, 0.1) is 24.3 Å². The molecule has 0 saturated carbocycles. The maximum atomic E-state index is 12.4. The van der Waals surface area contributed by atoms with E-state index in [0.29, 0.717) is 23.1 Å². The lowest BCUT2D eigenvalue weighted by Crippen LogP contribution is -2.43. The second-order valence-electron chi connectivity index (χ2n) is 6.49. The molecule has 1 aromatic heterocycles. The summed E-state index contributed by atoms with van der Waals surface area (Å²) in [6.07, 6.45) is 3.23. The maximum Gasteiger partial charge on any atom is 0.244 e. The summed E-state index contributed by atoms with van der Waals surface area (Å²) in [5.74, 6) is 0.994. The Kier molecular flexibility index (Phi) is 6.17. The van der Waals surface area contributed by atoms with Crippen LogP contribution >= 0.6 is 22.9 Å². The minimum absolute atomic E-state index is 0.149. The molecule has 1 fully saturated rings. The molecule has 1 aromatic carbocycles. The Hall–Kier alpha value is -2.06. The van der Waals surface area contributed by atoms with E-state index >= 15 is 0 Å². The molecule has 28 heavy (non-hydrogen) atoms. The predicted molar refractivity (Wildman–Crippen MR) is 109 cm³/mol. The fourth-order valence-electron chi connectivity index (χ4n) is 3.29. The van der Waals surface area contributed by atoms with Crippen LogP contribution in [0.1, 0.15) is 16.5 Å². The Balaban J connectivity index is 1.38. The predicted octanol–water partition coefficient (Wildman–Crippen LogP) is 3.33. The van der Waals surface area contributed by atoms with Gasteiger partial charge in [-0.25, -0.2) is 0 Å². The number of hydrogen-bond acceptors (Lipinski definition) is 6. The minimum Gasteiger partial charge on any atom is -0.454 e.